The van der Waals surface area contributed by atoms with Crippen molar-refractivity contribution in [3.8, 4) is 0 Å². The summed E-state index contributed by atoms with van der Waals surface area (Å²) in [7, 11) is 1.32. The number of carbonyl (C=O) groups excluding carboxylic acids is 1. The molecule has 1 atom stereocenters. The van der Waals surface area contributed by atoms with Gasteiger partial charge >= 0.3 is 5.97 Å². The van der Waals surface area contributed by atoms with Crippen LogP contribution in [0.3, 0.4) is 0 Å². The van der Waals surface area contributed by atoms with E-state index in [0.717, 1.165) is 0 Å². The molecular formula is C16H24N2O4. The van der Waals surface area contributed by atoms with E-state index >= 15 is 0 Å². The fourth-order valence-corrected chi connectivity index (χ4v) is 2.09. The molecule has 1 aromatic rings. The molecule has 0 fully saturated rings. The Morgan fingerprint density at radius 1 is 1.45 bits per heavy atom. The number of nitrogens with zero attached hydrogens (tertiary/aromatic N) is 2. The van der Waals surface area contributed by atoms with Crippen LogP contribution in [0.25, 0.3) is 6.08 Å². The van der Waals surface area contributed by atoms with E-state index < -0.39 is 12.0 Å². The molecule has 0 unspecified atom stereocenters. The molecule has 0 saturated carbocycles. The van der Waals surface area contributed by atoms with Gasteiger partial charge in [-0.15, -0.1) is 0 Å². The maximum atomic E-state index is 12.3. The van der Waals surface area contributed by atoms with Crippen LogP contribution in [0.1, 0.15) is 44.6 Å². The third-order valence-corrected chi connectivity index (χ3v) is 3.12. The molecule has 0 bridgehead atoms. The monoisotopic (exact) mass is 308 g/mol. The average Bonchev–Trinajstić information content (AvgIpc) is 2.47. The predicted molar refractivity (Wildman–Crippen MR) is 84.4 cm³/mol. The van der Waals surface area contributed by atoms with Gasteiger partial charge in [-0.3, -0.25) is 9.36 Å². The minimum Gasteiger partial charge on any atom is -0.501 e. The Hall–Kier alpha value is -2.11. The number of aromatic nitrogens is 2. The van der Waals surface area contributed by atoms with Gasteiger partial charge in [0.1, 0.15) is 11.7 Å². The Balaban J connectivity index is 3.29. The Labute approximate surface area is 130 Å². The second kappa shape index (κ2) is 8.36. The van der Waals surface area contributed by atoms with Gasteiger partial charge in [0.15, 0.2) is 0 Å². The van der Waals surface area contributed by atoms with Crippen LogP contribution in [0.2, 0.25) is 0 Å². The van der Waals surface area contributed by atoms with Gasteiger partial charge in [0.05, 0.1) is 25.7 Å². The SMILES string of the molecule is CCO/C=C/c1cn([C@@H](CC(C)C)C(=O)OC)c(=O)c(C)n1. The molecule has 22 heavy (non-hydrogen) atoms. The van der Waals surface area contributed by atoms with Crippen LogP contribution in [0.15, 0.2) is 17.3 Å². The topological polar surface area (TPSA) is 70.4 Å². The van der Waals surface area contributed by atoms with Gasteiger partial charge in [0.25, 0.3) is 5.56 Å². The fourth-order valence-electron chi connectivity index (χ4n) is 2.09. The summed E-state index contributed by atoms with van der Waals surface area (Å²) < 4.78 is 11.4. The first-order chi connectivity index (χ1) is 10.4. The van der Waals surface area contributed by atoms with Gasteiger partial charge in [0.2, 0.25) is 0 Å². The van der Waals surface area contributed by atoms with Gasteiger partial charge in [-0.25, -0.2) is 9.78 Å². The van der Waals surface area contributed by atoms with Crippen molar-refractivity contribution in [2.75, 3.05) is 13.7 Å². The fraction of sp³-hybridized carbons (Fsp3) is 0.562. The zero-order chi connectivity index (χ0) is 16.7. The van der Waals surface area contributed by atoms with Crippen molar-refractivity contribution in [3.63, 3.8) is 0 Å². The molecule has 1 rings (SSSR count). The molecule has 1 aromatic heterocycles. The lowest BCUT2D eigenvalue weighted by molar-refractivity contribution is -0.145. The highest BCUT2D eigenvalue weighted by molar-refractivity contribution is 5.74. The number of carbonyl (C=O) groups is 1. The first kappa shape index (κ1) is 17.9. The lowest BCUT2D eigenvalue weighted by atomic mass is 10.0. The Morgan fingerprint density at radius 3 is 2.68 bits per heavy atom. The summed E-state index contributed by atoms with van der Waals surface area (Å²) in [5.74, 6) is -0.187. The summed E-state index contributed by atoms with van der Waals surface area (Å²) in [4.78, 5) is 28.6. The highest BCUT2D eigenvalue weighted by atomic mass is 16.5. The lowest BCUT2D eigenvalue weighted by Crippen LogP contribution is -2.33. The van der Waals surface area contributed by atoms with E-state index in [0.29, 0.717) is 24.4 Å². The molecule has 0 amide bonds. The number of ether oxygens (including phenoxy) is 2. The van der Waals surface area contributed by atoms with Gasteiger partial charge in [0, 0.05) is 6.20 Å². The summed E-state index contributed by atoms with van der Waals surface area (Å²) in [6.07, 6.45) is 5.27. The standard InChI is InChI=1S/C16H24N2O4/c1-6-22-8-7-13-10-18(15(19)12(4)17-13)14(9-11(2)3)16(20)21-5/h7-8,10-11,14H,6,9H2,1-5H3/b8-7+/t14-/m0/s1. The minimum absolute atomic E-state index is 0.242. The maximum absolute atomic E-state index is 12.3. The zero-order valence-corrected chi connectivity index (χ0v) is 13.8. The number of hydrogen-bond donors (Lipinski definition) is 0. The number of esters is 1. The van der Waals surface area contributed by atoms with Gasteiger partial charge in [-0.1, -0.05) is 13.8 Å². The molecule has 6 heteroatoms. The zero-order valence-electron chi connectivity index (χ0n) is 13.8. The molecule has 122 valence electrons. The quantitative estimate of drug-likeness (QED) is 0.571. The summed E-state index contributed by atoms with van der Waals surface area (Å²) in [6, 6.07) is -0.654. The number of methoxy groups -OCH3 is 1. The number of rotatable bonds is 7. The maximum Gasteiger partial charge on any atom is 0.328 e. The minimum atomic E-state index is -0.654. The third kappa shape index (κ3) is 4.72. The smallest absolute Gasteiger partial charge is 0.328 e. The summed E-state index contributed by atoms with van der Waals surface area (Å²) in [5.41, 5.74) is 0.601. The van der Waals surface area contributed by atoms with Crippen LogP contribution < -0.4 is 5.56 Å². The van der Waals surface area contributed by atoms with Crippen LogP contribution >= 0.6 is 0 Å². The van der Waals surface area contributed by atoms with E-state index in [4.69, 9.17) is 9.47 Å². The van der Waals surface area contributed by atoms with Crippen molar-refractivity contribution >= 4 is 12.0 Å². The first-order valence-corrected chi connectivity index (χ1v) is 7.36. The molecule has 1 heterocycles. The highest BCUT2D eigenvalue weighted by Crippen LogP contribution is 2.18. The molecule has 0 aliphatic heterocycles. The second-order valence-corrected chi connectivity index (χ2v) is 5.39. The van der Waals surface area contributed by atoms with E-state index in [-0.39, 0.29) is 11.5 Å². The van der Waals surface area contributed by atoms with Gasteiger partial charge < -0.3 is 9.47 Å². The van der Waals surface area contributed by atoms with E-state index in [2.05, 4.69) is 4.98 Å². The van der Waals surface area contributed by atoms with E-state index in [1.54, 1.807) is 19.2 Å². The Kier molecular flexibility index (Phi) is 6.82. The third-order valence-electron chi connectivity index (χ3n) is 3.12. The van der Waals surface area contributed by atoms with Crippen molar-refractivity contribution in [2.45, 2.75) is 40.2 Å². The highest BCUT2D eigenvalue weighted by Gasteiger charge is 2.24. The molecule has 0 spiro atoms. The summed E-state index contributed by atoms with van der Waals surface area (Å²) in [6.45, 7) is 8.03. The molecule has 0 saturated heterocycles. The van der Waals surface area contributed by atoms with Crippen molar-refractivity contribution < 1.29 is 14.3 Å². The first-order valence-electron chi connectivity index (χ1n) is 7.36. The van der Waals surface area contributed by atoms with Gasteiger partial charge in [-0.2, -0.15) is 0 Å². The second-order valence-electron chi connectivity index (χ2n) is 5.39. The van der Waals surface area contributed by atoms with E-state index in [1.165, 1.54) is 17.9 Å². The van der Waals surface area contributed by atoms with Crippen molar-refractivity contribution in [2.24, 2.45) is 5.92 Å². The molecule has 0 N–H and O–H groups in total. The Bertz CT molecular complexity index is 590. The van der Waals surface area contributed by atoms with Crippen LogP contribution in [0.4, 0.5) is 0 Å². The number of hydrogen-bond acceptors (Lipinski definition) is 5. The van der Waals surface area contributed by atoms with Gasteiger partial charge in [-0.05, 0) is 32.3 Å². The summed E-state index contributed by atoms with van der Waals surface area (Å²) >= 11 is 0. The van der Waals surface area contributed by atoms with E-state index in [9.17, 15) is 9.59 Å². The van der Waals surface area contributed by atoms with Crippen LogP contribution in [0.5, 0.6) is 0 Å². The number of aryl methyl sites for hydroxylation is 1. The molecule has 0 aliphatic carbocycles. The molecule has 0 aromatic carbocycles. The summed E-state index contributed by atoms with van der Waals surface area (Å²) in [5, 5.41) is 0. The van der Waals surface area contributed by atoms with E-state index in [1.807, 2.05) is 20.8 Å². The van der Waals surface area contributed by atoms with Crippen molar-refractivity contribution in [1.82, 2.24) is 9.55 Å². The molecule has 0 radical (unpaired) electrons. The van der Waals surface area contributed by atoms with Crippen LogP contribution in [0, 0.1) is 12.8 Å². The molecule has 6 nitrogen and oxygen atoms in total. The normalized spacial score (nSPS) is 12.6. The largest absolute Gasteiger partial charge is 0.501 e. The van der Waals surface area contributed by atoms with Crippen molar-refractivity contribution in [3.05, 3.63) is 34.2 Å². The molecule has 0 aliphatic rings. The average molecular weight is 308 g/mol. The van der Waals surface area contributed by atoms with Crippen molar-refractivity contribution in [1.29, 1.82) is 0 Å². The van der Waals surface area contributed by atoms with Crippen LogP contribution in [-0.2, 0) is 14.3 Å². The lowest BCUT2D eigenvalue weighted by Gasteiger charge is -2.20. The van der Waals surface area contributed by atoms with Crippen LogP contribution in [-0.4, -0.2) is 29.2 Å². The predicted octanol–water partition coefficient (Wildman–Crippen LogP) is 2.32. The Morgan fingerprint density at radius 2 is 2.14 bits per heavy atom. The molecular weight excluding hydrogens is 284 g/mol.